The van der Waals surface area contributed by atoms with Gasteiger partial charge in [-0.3, -0.25) is 9.59 Å². The lowest BCUT2D eigenvalue weighted by Crippen LogP contribution is -3.11. The molecule has 1 fully saturated rings. The quantitative estimate of drug-likeness (QED) is 0.723. The number of nitrogens with one attached hydrogen (secondary N) is 2. The van der Waals surface area contributed by atoms with Crippen LogP contribution in [0, 0.1) is 6.92 Å². The van der Waals surface area contributed by atoms with E-state index in [0.717, 1.165) is 24.9 Å². The number of quaternary nitrogens is 1. The molecule has 150 valence electrons. The van der Waals surface area contributed by atoms with Gasteiger partial charge in [-0.1, -0.05) is 23.7 Å². The number of halogens is 1. The zero-order chi connectivity index (χ0) is 20.1. The van der Waals surface area contributed by atoms with Crippen molar-refractivity contribution in [2.75, 3.05) is 31.5 Å². The molecule has 0 bridgehead atoms. The average Bonchev–Trinajstić information content (AvgIpc) is 3.34. The molecule has 2 amide bonds. The Labute approximate surface area is 175 Å². The summed E-state index contributed by atoms with van der Waals surface area (Å²) in [5.74, 6) is -0.175. The molecule has 7 heteroatoms. The third kappa shape index (κ3) is 5.13. The Bertz CT molecular complexity index is 825. The van der Waals surface area contributed by atoms with Gasteiger partial charge in [0.05, 0.1) is 11.4 Å². The molecule has 1 aromatic heterocycles. The number of anilines is 1. The van der Waals surface area contributed by atoms with Gasteiger partial charge in [-0.05, 0) is 43.0 Å². The summed E-state index contributed by atoms with van der Waals surface area (Å²) in [6.45, 7) is 5.82. The summed E-state index contributed by atoms with van der Waals surface area (Å²) in [6.07, 6.45) is 2.25. The maximum Gasteiger partial charge on any atom is 0.278 e. The van der Waals surface area contributed by atoms with Crippen LogP contribution in [0.1, 0.15) is 36.2 Å². The normalized spacial score (nSPS) is 18.8. The zero-order valence-electron chi connectivity index (χ0n) is 16.3. The largest absolute Gasteiger partial charge is 0.329 e. The number of carbonyl (C=O) groups excluding carboxylic acids is 2. The van der Waals surface area contributed by atoms with E-state index in [0.29, 0.717) is 29.8 Å². The van der Waals surface area contributed by atoms with Gasteiger partial charge in [0.15, 0.2) is 6.54 Å². The molecule has 2 N–H and O–H groups in total. The number of hydrogen-bond acceptors (Lipinski definition) is 3. The first-order valence-electron chi connectivity index (χ1n) is 9.69. The number of aryl methyl sites for hydroxylation is 1. The highest BCUT2D eigenvalue weighted by atomic mass is 35.5. The Hall–Kier alpha value is -1.89. The van der Waals surface area contributed by atoms with Gasteiger partial charge in [0.1, 0.15) is 12.6 Å². The number of thiophene rings is 1. The van der Waals surface area contributed by atoms with Crippen molar-refractivity contribution in [1.82, 2.24) is 4.90 Å². The lowest BCUT2D eigenvalue weighted by molar-refractivity contribution is -0.910. The van der Waals surface area contributed by atoms with E-state index in [9.17, 15) is 9.59 Å². The summed E-state index contributed by atoms with van der Waals surface area (Å²) in [6, 6.07) is 10.00. The number of likely N-dealkylation sites (tertiary alicyclic amines) is 1. The lowest BCUT2D eigenvalue weighted by atomic mass is 10.2. The molecule has 3 rings (SSSR count). The fourth-order valence-corrected chi connectivity index (χ4v) is 4.82. The zero-order valence-corrected chi connectivity index (χ0v) is 17.9. The molecule has 0 radical (unpaired) electrons. The molecule has 1 aliphatic rings. The summed E-state index contributed by atoms with van der Waals surface area (Å²) >= 11 is 7.78. The molecule has 2 atom stereocenters. The van der Waals surface area contributed by atoms with E-state index in [4.69, 9.17) is 11.6 Å². The van der Waals surface area contributed by atoms with Gasteiger partial charge < -0.3 is 15.1 Å². The van der Waals surface area contributed by atoms with E-state index in [1.165, 1.54) is 9.78 Å². The van der Waals surface area contributed by atoms with Crippen LogP contribution in [0.15, 0.2) is 35.7 Å². The predicted molar refractivity (Wildman–Crippen MR) is 114 cm³/mol. The van der Waals surface area contributed by atoms with Gasteiger partial charge in [0, 0.05) is 30.1 Å². The second-order valence-electron chi connectivity index (χ2n) is 7.21. The van der Waals surface area contributed by atoms with Crippen molar-refractivity contribution in [3.8, 4) is 0 Å². The number of benzene rings is 1. The third-order valence-corrected chi connectivity index (χ3v) is 6.51. The Morgan fingerprint density at radius 3 is 2.89 bits per heavy atom. The fourth-order valence-electron chi connectivity index (χ4n) is 3.73. The van der Waals surface area contributed by atoms with Crippen LogP contribution in [0.5, 0.6) is 0 Å². The SMILES string of the molecule is CCN(CC(=O)Nc1cc(Cl)ccc1C)C(=O)C[NH+]1CCC[C@@H]1c1cccs1. The first-order valence-corrected chi connectivity index (χ1v) is 11.0. The Morgan fingerprint density at radius 1 is 1.36 bits per heavy atom. The van der Waals surface area contributed by atoms with E-state index in [-0.39, 0.29) is 18.4 Å². The van der Waals surface area contributed by atoms with Gasteiger partial charge in [-0.2, -0.15) is 0 Å². The van der Waals surface area contributed by atoms with E-state index < -0.39 is 0 Å². The topological polar surface area (TPSA) is 53.9 Å². The minimum atomic E-state index is -0.202. The van der Waals surface area contributed by atoms with Crippen molar-refractivity contribution in [3.63, 3.8) is 0 Å². The summed E-state index contributed by atoms with van der Waals surface area (Å²) in [4.78, 5) is 29.6. The van der Waals surface area contributed by atoms with E-state index in [1.54, 1.807) is 28.4 Å². The van der Waals surface area contributed by atoms with Crippen LogP contribution in [0.2, 0.25) is 5.02 Å². The van der Waals surface area contributed by atoms with Crippen molar-refractivity contribution in [1.29, 1.82) is 0 Å². The lowest BCUT2D eigenvalue weighted by Gasteiger charge is -2.25. The number of likely N-dealkylation sites (N-methyl/N-ethyl adjacent to an activating group) is 1. The van der Waals surface area contributed by atoms with Gasteiger partial charge in [-0.15, -0.1) is 11.3 Å². The molecular weight excluding hydrogens is 394 g/mol. The van der Waals surface area contributed by atoms with Crippen molar-refractivity contribution >= 4 is 40.4 Å². The van der Waals surface area contributed by atoms with Crippen molar-refractivity contribution < 1.29 is 14.5 Å². The summed E-state index contributed by atoms with van der Waals surface area (Å²) in [5, 5.41) is 5.53. The maximum atomic E-state index is 12.9. The maximum absolute atomic E-state index is 12.9. The van der Waals surface area contributed by atoms with Crippen molar-refractivity contribution in [2.45, 2.75) is 32.7 Å². The molecule has 1 unspecified atom stereocenters. The van der Waals surface area contributed by atoms with E-state index in [2.05, 4.69) is 22.8 Å². The highest BCUT2D eigenvalue weighted by molar-refractivity contribution is 7.10. The van der Waals surface area contributed by atoms with Crippen molar-refractivity contribution in [3.05, 3.63) is 51.2 Å². The van der Waals surface area contributed by atoms with Crippen molar-refractivity contribution in [2.24, 2.45) is 0 Å². The minimum absolute atomic E-state index is 0.0268. The van der Waals surface area contributed by atoms with Gasteiger partial charge >= 0.3 is 0 Å². The Kier molecular flexibility index (Phi) is 7.10. The smallest absolute Gasteiger partial charge is 0.278 e. The Balaban J connectivity index is 1.58. The van der Waals surface area contributed by atoms with Gasteiger partial charge in [0.25, 0.3) is 5.91 Å². The fraction of sp³-hybridized carbons (Fsp3) is 0.429. The van der Waals surface area contributed by atoms with Crippen LogP contribution in [0.3, 0.4) is 0 Å². The Morgan fingerprint density at radius 2 is 2.18 bits per heavy atom. The van der Waals surface area contributed by atoms with Gasteiger partial charge in [-0.25, -0.2) is 0 Å². The van der Waals surface area contributed by atoms with Gasteiger partial charge in [0.2, 0.25) is 5.91 Å². The first-order chi connectivity index (χ1) is 13.5. The molecule has 2 aromatic rings. The second-order valence-corrected chi connectivity index (χ2v) is 8.63. The van der Waals surface area contributed by atoms with Crippen LogP contribution in [-0.4, -0.2) is 42.9 Å². The van der Waals surface area contributed by atoms with Crippen LogP contribution < -0.4 is 10.2 Å². The molecule has 1 aliphatic heterocycles. The summed E-state index contributed by atoms with van der Waals surface area (Å²) in [5.41, 5.74) is 1.62. The summed E-state index contributed by atoms with van der Waals surface area (Å²) in [7, 11) is 0. The molecule has 28 heavy (non-hydrogen) atoms. The molecule has 1 aromatic carbocycles. The standard InChI is InChI=1S/C21H26ClN3O2S/c1-3-24(13-20(26)23-17-12-16(22)9-8-15(17)2)21(27)14-25-10-4-6-18(25)19-7-5-11-28-19/h5,7-9,11-12,18H,3-4,6,10,13-14H2,1-2H3,(H,23,26)/p+1/t18-/m1/s1. The number of amides is 2. The van der Waals surface area contributed by atoms with Crippen LogP contribution in [-0.2, 0) is 9.59 Å². The van der Waals surface area contributed by atoms with E-state index in [1.807, 2.05) is 19.9 Å². The summed E-state index contributed by atoms with van der Waals surface area (Å²) < 4.78 is 0. The van der Waals surface area contributed by atoms with E-state index >= 15 is 0 Å². The number of carbonyl (C=O) groups is 2. The number of rotatable bonds is 7. The van der Waals surface area contributed by atoms with Crippen LogP contribution in [0.25, 0.3) is 0 Å². The molecule has 0 saturated carbocycles. The monoisotopic (exact) mass is 420 g/mol. The molecular formula is C21H27ClN3O2S+. The molecule has 0 spiro atoms. The number of hydrogen-bond donors (Lipinski definition) is 2. The molecule has 5 nitrogen and oxygen atoms in total. The second kappa shape index (κ2) is 9.54. The highest BCUT2D eigenvalue weighted by Gasteiger charge is 2.33. The first kappa shape index (κ1) is 20.8. The molecule has 1 saturated heterocycles. The number of nitrogens with zero attached hydrogens (tertiary/aromatic N) is 1. The third-order valence-electron chi connectivity index (χ3n) is 5.29. The average molecular weight is 421 g/mol. The van der Waals surface area contributed by atoms with Crippen LogP contribution >= 0.6 is 22.9 Å². The highest BCUT2D eigenvalue weighted by Crippen LogP contribution is 2.23. The minimum Gasteiger partial charge on any atom is -0.329 e. The molecule has 0 aliphatic carbocycles. The molecule has 2 heterocycles. The van der Waals surface area contributed by atoms with Crippen LogP contribution in [0.4, 0.5) is 5.69 Å². The predicted octanol–water partition coefficient (Wildman–Crippen LogP) is 2.92.